The highest BCUT2D eigenvalue weighted by Crippen LogP contribution is 2.28. The quantitative estimate of drug-likeness (QED) is 0.694. The van der Waals surface area contributed by atoms with E-state index in [0.29, 0.717) is 12.8 Å². The van der Waals surface area contributed by atoms with Gasteiger partial charge in [-0.2, -0.15) is 12.6 Å². The van der Waals surface area contributed by atoms with Gasteiger partial charge in [-0.15, -0.1) is 0 Å². The third kappa shape index (κ3) is 4.46. The van der Waals surface area contributed by atoms with Gasteiger partial charge < -0.3 is 0 Å². The van der Waals surface area contributed by atoms with Gasteiger partial charge in [0.2, 0.25) is 0 Å². The van der Waals surface area contributed by atoms with Gasteiger partial charge >= 0.3 is 0 Å². The lowest BCUT2D eigenvalue weighted by molar-refractivity contribution is -0.127. The van der Waals surface area contributed by atoms with Gasteiger partial charge in [0, 0.05) is 23.5 Å². The van der Waals surface area contributed by atoms with E-state index in [1.165, 1.54) is 6.92 Å². The van der Waals surface area contributed by atoms with E-state index in [9.17, 15) is 9.59 Å². The Bertz CT molecular complexity index is 203. The first kappa shape index (κ1) is 12.7. The van der Waals surface area contributed by atoms with Crippen molar-refractivity contribution < 1.29 is 9.59 Å². The molecule has 0 aromatic carbocycles. The molecule has 1 unspecified atom stereocenters. The summed E-state index contributed by atoms with van der Waals surface area (Å²) in [7, 11) is 0. The maximum Gasteiger partial charge on any atom is 0.134 e. The smallest absolute Gasteiger partial charge is 0.134 e. The van der Waals surface area contributed by atoms with E-state index < -0.39 is 4.75 Å². The van der Waals surface area contributed by atoms with Crippen LogP contribution >= 0.6 is 12.6 Å². The van der Waals surface area contributed by atoms with Crippen LogP contribution in [0.4, 0.5) is 0 Å². The van der Waals surface area contributed by atoms with Crippen LogP contribution in [0.1, 0.15) is 40.5 Å². The van der Waals surface area contributed by atoms with Gasteiger partial charge in [0.1, 0.15) is 11.6 Å². The summed E-state index contributed by atoms with van der Waals surface area (Å²) in [6.45, 7) is 7.06. The molecule has 0 heterocycles. The van der Waals surface area contributed by atoms with Gasteiger partial charge in [-0.05, 0) is 6.92 Å². The maximum absolute atomic E-state index is 11.2. The highest BCUT2D eigenvalue weighted by atomic mass is 32.1. The summed E-state index contributed by atoms with van der Waals surface area (Å²) in [4.78, 5) is 22.4. The number of Topliss-reactive ketones (excluding diaryl/α,β-unsaturated/α-hetero) is 2. The minimum atomic E-state index is -0.406. The van der Waals surface area contributed by atoms with E-state index in [4.69, 9.17) is 0 Å². The highest BCUT2D eigenvalue weighted by molar-refractivity contribution is 7.81. The summed E-state index contributed by atoms with van der Waals surface area (Å²) in [6.07, 6.45) is 0.815. The van der Waals surface area contributed by atoms with E-state index in [-0.39, 0.29) is 17.5 Å². The summed E-state index contributed by atoms with van der Waals surface area (Å²) in [6, 6.07) is 0. The van der Waals surface area contributed by atoms with Gasteiger partial charge in [0.25, 0.3) is 0 Å². The number of hydrogen-bond acceptors (Lipinski definition) is 3. The minimum absolute atomic E-state index is 0.0433. The molecular formula is C10H18O2S. The standard InChI is InChI=1S/C10H18O2S/c1-5-8(12)6-9(7(2)11)10(3,4)13/h9,13H,5-6H2,1-4H3. The molecule has 0 fully saturated rings. The lowest BCUT2D eigenvalue weighted by atomic mass is 9.86. The predicted octanol–water partition coefficient (Wildman–Crippen LogP) is 2.27. The zero-order valence-corrected chi connectivity index (χ0v) is 9.65. The molecule has 0 aromatic rings. The van der Waals surface area contributed by atoms with Crippen LogP contribution in [0.2, 0.25) is 0 Å². The molecule has 0 amide bonds. The third-order valence-corrected chi connectivity index (χ3v) is 2.48. The fourth-order valence-corrected chi connectivity index (χ4v) is 1.54. The normalized spacial score (nSPS) is 13.9. The molecule has 1 atom stereocenters. The van der Waals surface area contributed by atoms with Crippen molar-refractivity contribution in [3.63, 3.8) is 0 Å². The molecule has 0 saturated carbocycles. The van der Waals surface area contributed by atoms with Crippen molar-refractivity contribution in [3.8, 4) is 0 Å². The molecule has 0 radical (unpaired) electrons. The Morgan fingerprint density at radius 1 is 1.38 bits per heavy atom. The van der Waals surface area contributed by atoms with Crippen LogP contribution in [0, 0.1) is 5.92 Å². The van der Waals surface area contributed by atoms with Crippen molar-refractivity contribution in [2.24, 2.45) is 5.92 Å². The first-order valence-corrected chi connectivity index (χ1v) is 4.98. The highest BCUT2D eigenvalue weighted by Gasteiger charge is 2.30. The van der Waals surface area contributed by atoms with Gasteiger partial charge in [-0.3, -0.25) is 9.59 Å². The minimum Gasteiger partial charge on any atom is -0.300 e. The van der Waals surface area contributed by atoms with Crippen LogP contribution in [0.3, 0.4) is 0 Å². The summed E-state index contributed by atoms with van der Waals surface area (Å²) < 4.78 is -0.406. The number of carbonyl (C=O) groups is 2. The van der Waals surface area contributed by atoms with Crippen molar-refractivity contribution in [1.82, 2.24) is 0 Å². The van der Waals surface area contributed by atoms with Crippen molar-refractivity contribution in [2.75, 3.05) is 0 Å². The number of rotatable bonds is 5. The summed E-state index contributed by atoms with van der Waals surface area (Å²) >= 11 is 4.33. The molecule has 0 spiro atoms. The largest absolute Gasteiger partial charge is 0.300 e. The number of thiol groups is 1. The Labute approximate surface area is 85.5 Å². The Morgan fingerprint density at radius 2 is 1.85 bits per heavy atom. The molecule has 2 nitrogen and oxygen atoms in total. The number of carbonyl (C=O) groups excluding carboxylic acids is 2. The molecule has 0 bridgehead atoms. The molecule has 0 saturated heterocycles. The molecule has 0 aromatic heterocycles. The average molecular weight is 202 g/mol. The van der Waals surface area contributed by atoms with Crippen LogP contribution in [-0.4, -0.2) is 16.3 Å². The third-order valence-electron chi connectivity index (χ3n) is 2.17. The first-order valence-electron chi connectivity index (χ1n) is 4.53. The Morgan fingerprint density at radius 3 is 2.08 bits per heavy atom. The summed E-state index contributed by atoms with van der Waals surface area (Å²) in [5, 5.41) is 0. The van der Waals surface area contributed by atoms with E-state index in [1.54, 1.807) is 0 Å². The van der Waals surface area contributed by atoms with Gasteiger partial charge in [-0.25, -0.2) is 0 Å². The van der Waals surface area contributed by atoms with Crippen LogP contribution in [0.25, 0.3) is 0 Å². The van der Waals surface area contributed by atoms with E-state index in [1.807, 2.05) is 20.8 Å². The van der Waals surface area contributed by atoms with Crippen LogP contribution in [0.15, 0.2) is 0 Å². The molecule has 76 valence electrons. The molecule has 0 aliphatic carbocycles. The molecular weight excluding hydrogens is 184 g/mol. The lowest BCUT2D eigenvalue weighted by Gasteiger charge is -2.26. The predicted molar refractivity (Wildman–Crippen MR) is 57.2 cm³/mol. The second-order valence-corrected chi connectivity index (χ2v) is 5.07. The number of hydrogen-bond donors (Lipinski definition) is 1. The average Bonchev–Trinajstić information content (AvgIpc) is 1.96. The van der Waals surface area contributed by atoms with Gasteiger partial charge in [0.05, 0.1) is 0 Å². The first-order chi connectivity index (χ1) is 5.79. The molecule has 0 aliphatic heterocycles. The zero-order chi connectivity index (χ0) is 10.6. The number of ketones is 2. The summed E-state index contributed by atoms with van der Waals surface area (Å²) in [5.41, 5.74) is 0. The van der Waals surface area contributed by atoms with E-state index in [0.717, 1.165) is 0 Å². The molecule has 3 heteroatoms. The Kier molecular flexibility index (Phi) is 4.68. The fourth-order valence-electron chi connectivity index (χ4n) is 1.26. The van der Waals surface area contributed by atoms with E-state index >= 15 is 0 Å². The Balaban J connectivity index is 4.46. The van der Waals surface area contributed by atoms with Crippen molar-refractivity contribution >= 4 is 24.2 Å². The van der Waals surface area contributed by atoms with Crippen LogP contribution in [0.5, 0.6) is 0 Å². The maximum atomic E-state index is 11.2. The van der Waals surface area contributed by atoms with Crippen molar-refractivity contribution in [3.05, 3.63) is 0 Å². The zero-order valence-electron chi connectivity index (χ0n) is 8.76. The second-order valence-electron chi connectivity index (χ2n) is 3.91. The summed E-state index contributed by atoms with van der Waals surface area (Å²) in [5.74, 6) is -0.0904. The van der Waals surface area contributed by atoms with Crippen molar-refractivity contribution in [2.45, 2.75) is 45.3 Å². The lowest BCUT2D eigenvalue weighted by Crippen LogP contribution is -2.32. The van der Waals surface area contributed by atoms with Gasteiger partial charge in [0.15, 0.2) is 0 Å². The van der Waals surface area contributed by atoms with Crippen molar-refractivity contribution in [1.29, 1.82) is 0 Å². The molecule has 0 aliphatic rings. The molecule has 13 heavy (non-hydrogen) atoms. The van der Waals surface area contributed by atoms with E-state index in [2.05, 4.69) is 12.6 Å². The Hall–Kier alpha value is -0.310. The monoisotopic (exact) mass is 202 g/mol. The topological polar surface area (TPSA) is 34.1 Å². The van der Waals surface area contributed by atoms with Gasteiger partial charge in [-0.1, -0.05) is 20.8 Å². The molecule has 0 N–H and O–H groups in total. The SMILES string of the molecule is CCC(=O)CC(C(C)=O)C(C)(C)S. The van der Waals surface area contributed by atoms with Crippen LogP contribution < -0.4 is 0 Å². The fraction of sp³-hybridized carbons (Fsp3) is 0.800. The molecule has 0 rings (SSSR count). The second kappa shape index (κ2) is 4.80. The van der Waals surface area contributed by atoms with Crippen LogP contribution in [-0.2, 0) is 9.59 Å².